The number of rotatable bonds is 6. The molecule has 1 heterocycles. The molecule has 0 aliphatic rings. The molecule has 1 aromatic heterocycles. The van der Waals surface area contributed by atoms with Gasteiger partial charge in [-0.15, -0.1) is 0 Å². The van der Waals surface area contributed by atoms with Crippen LogP contribution in [-0.4, -0.2) is 28.1 Å². The van der Waals surface area contributed by atoms with E-state index in [-0.39, 0.29) is 16.3 Å². The average molecular weight is 405 g/mol. The molecule has 0 atom stereocenters. The van der Waals surface area contributed by atoms with Crippen molar-refractivity contribution in [3.63, 3.8) is 0 Å². The van der Waals surface area contributed by atoms with Gasteiger partial charge in [-0.3, -0.25) is 4.79 Å². The fraction of sp³-hybridized carbons (Fsp3) is 0.150. The third-order valence-corrected chi connectivity index (χ3v) is 4.40. The molecule has 0 fully saturated rings. The number of hydrogen-bond donors (Lipinski definition) is 0. The Kier molecular flexibility index (Phi) is 5.84. The van der Waals surface area contributed by atoms with E-state index in [4.69, 9.17) is 16.3 Å². The van der Waals surface area contributed by atoms with Crippen molar-refractivity contribution < 1.29 is 23.1 Å². The van der Waals surface area contributed by atoms with Crippen molar-refractivity contribution >= 4 is 23.4 Å². The van der Waals surface area contributed by atoms with Crippen LogP contribution in [-0.2, 0) is 11.3 Å². The van der Waals surface area contributed by atoms with E-state index in [0.717, 1.165) is 23.8 Å². The van der Waals surface area contributed by atoms with Gasteiger partial charge in [-0.25, -0.2) is 18.3 Å². The van der Waals surface area contributed by atoms with E-state index in [1.807, 2.05) is 30.3 Å². The second-order valence-corrected chi connectivity index (χ2v) is 6.38. The Balaban J connectivity index is 1.70. The van der Waals surface area contributed by atoms with Crippen LogP contribution in [0.4, 0.5) is 8.78 Å². The highest BCUT2D eigenvalue weighted by Crippen LogP contribution is 2.22. The number of benzene rings is 2. The van der Waals surface area contributed by atoms with Crippen LogP contribution in [0.3, 0.4) is 0 Å². The molecule has 0 N–H and O–H groups in total. The van der Waals surface area contributed by atoms with Crippen molar-refractivity contribution in [3.05, 3.63) is 87.7 Å². The van der Waals surface area contributed by atoms with Crippen LogP contribution in [0.15, 0.2) is 48.5 Å². The molecule has 0 unspecified atom stereocenters. The first-order valence-electron chi connectivity index (χ1n) is 8.29. The first-order chi connectivity index (χ1) is 13.4. The number of carbonyl (C=O) groups is 2. The molecule has 144 valence electrons. The molecule has 5 nitrogen and oxygen atoms in total. The maximum atomic E-state index is 13.2. The largest absolute Gasteiger partial charge is 0.454 e. The van der Waals surface area contributed by atoms with Gasteiger partial charge in [-0.2, -0.15) is 5.10 Å². The summed E-state index contributed by atoms with van der Waals surface area (Å²) in [7, 11) is 0. The van der Waals surface area contributed by atoms with Gasteiger partial charge in [0.25, 0.3) is 0 Å². The monoisotopic (exact) mass is 404 g/mol. The summed E-state index contributed by atoms with van der Waals surface area (Å²) in [5, 5.41) is 4.33. The number of hydrogen-bond acceptors (Lipinski definition) is 4. The summed E-state index contributed by atoms with van der Waals surface area (Å²) in [6.45, 7) is 1.33. The number of ether oxygens (including phenoxy) is 1. The molecule has 2 aromatic carbocycles. The summed E-state index contributed by atoms with van der Waals surface area (Å²) < 4.78 is 32.6. The molecule has 8 heteroatoms. The number of ketones is 1. The summed E-state index contributed by atoms with van der Waals surface area (Å²) in [5.74, 6) is -3.71. The summed E-state index contributed by atoms with van der Waals surface area (Å²) in [4.78, 5) is 24.4. The van der Waals surface area contributed by atoms with E-state index in [1.165, 1.54) is 4.68 Å². The van der Waals surface area contributed by atoms with Gasteiger partial charge in [0, 0.05) is 5.56 Å². The molecular weight excluding hydrogens is 390 g/mol. The Hall–Kier alpha value is -3.06. The first kappa shape index (κ1) is 19.7. The predicted molar refractivity (Wildman–Crippen MR) is 98.5 cm³/mol. The summed E-state index contributed by atoms with van der Waals surface area (Å²) in [5.41, 5.74) is 1.25. The van der Waals surface area contributed by atoms with Gasteiger partial charge in [-0.1, -0.05) is 41.9 Å². The Morgan fingerprint density at radius 2 is 1.82 bits per heavy atom. The van der Waals surface area contributed by atoms with Crippen LogP contribution in [0.1, 0.15) is 32.0 Å². The van der Waals surface area contributed by atoms with E-state index < -0.39 is 30.0 Å². The van der Waals surface area contributed by atoms with E-state index in [1.54, 1.807) is 6.92 Å². The molecule has 0 saturated heterocycles. The minimum atomic E-state index is -1.15. The molecule has 0 spiro atoms. The van der Waals surface area contributed by atoms with Crippen molar-refractivity contribution in [2.75, 3.05) is 6.61 Å². The molecule has 0 aliphatic carbocycles. The molecule has 3 rings (SSSR count). The number of Topliss-reactive ketones (excluding diaryl/α,β-unsaturated/α-hetero) is 1. The zero-order chi connectivity index (χ0) is 20.3. The van der Waals surface area contributed by atoms with E-state index >= 15 is 0 Å². The van der Waals surface area contributed by atoms with Crippen molar-refractivity contribution in [1.29, 1.82) is 0 Å². The third-order valence-electron chi connectivity index (χ3n) is 4.02. The Morgan fingerprint density at radius 3 is 2.50 bits per heavy atom. The molecule has 0 saturated carbocycles. The quantitative estimate of drug-likeness (QED) is 0.456. The average Bonchev–Trinajstić information content (AvgIpc) is 2.96. The van der Waals surface area contributed by atoms with Crippen molar-refractivity contribution in [3.8, 4) is 0 Å². The number of esters is 1. The first-order valence-corrected chi connectivity index (χ1v) is 8.67. The van der Waals surface area contributed by atoms with Gasteiger partial charge in [0.05, 0.1) is 12.2 Å². The zero-order valence-corrected chi connectivity index (χ0v) is 15.5. The number of nitrogens with zero attached hydrogens (tertiary/aromatic N) is 2. The number of aryl methyl sites for hydroxylation is 1. The Morgan fingerprint density at radius 1 is 1.11 bits per heavy atom. The predicted octanol–water partition coefficient (Wildman–Crippen LogP) is 4.21. The van der Waals surface area contributed by atoms with Gasteiger partial charge in [0.2, 0.25) is 0 Å². The molecule has 0 amide bonds. The minimum Gasteiger partial charge on any atom is -0.454 e. The molecule has 0 aliphatic heterocycles. The zero-order valence-electron chi connectivity index (χ0n) is 14.8. The summed E-state index contributed by atoms with van der Waals surface area (Å²) >= 11 is 6.27. The van der Waals surface area contributed by atoms with Crippen LogP contribution in [0.25, 0.3) is 0 Å². The van der Waals surface area contributed by atoms with Gasteiger partial charge in [-0.05, 0) is 30.7 Å². The highest BCUT2D eigenvalue weighted by atomic mass is 35.5. The number of halogens is 3. The highest BCUT2D eigenvalue weighted by Gasteiger charge is 2.23. The van der Waals surface area contributed by atoms with E-state index in [2.05, 4.69) is 5.10 Å². The van der Waals surface area contributed by atoms with Crippen molar-refractivity contribution in [2.24, 2.45) is 0 Å². The molecule has 28 heavy (non-hydrogen) atoms. The second-order valence-electron chi connectivity index (χ2n) is 6.02. The van der Waals surface area contributed by atoms with Crippen LogP contribution in [0, 0.1) is 18.6 Å². The molecule has 0 radical (unpaired) electrons. The molecule has 3 aromatic rings. The summed E-state index contributed by atoms with van der Waals surface area (Å²) in [6, 6.07) is 12.1. The topological polar surface area (TPSA) is 61.2 Å². The lowest BCUT2D eigenvalue weighted by molar-refractivity contribution is 0.0474. The smallest absolute Gasteiger partial charge is 0.343 e. The van der Waals surface area contributed by atoms with E-state index in [0.29, 0.717) is 12.2 Å². The second kappa shape index (κ2) is 8.31. The van der Waals surface area contributed by atoms with Gasteiger partial charge >= 0.3 is 5.97 Å². The molecule has 0 bridgehead atoms. The van der Waals surface area contributed by atoms with Gasteiger partial charge in [0.1, 0.15) is 10.7 Å². The van der Waals surface area contributed by atoms with Crippen LogP contribution < -0.4 is 0 Å². The van der Waals surface area contributed by atoms with Crippen molar-refractivity contribution in [1.82, 2.24) is 9.78 Å². The lowest BCUT2D eigenvalue weighted by atomic mass is 10.1. The Bertz CT molecular complexity index is 1040. The standard InChI is InChI=1S/C20H15ClF2N2O3/c1-12-18(19(21)25(24-12)10-13-5-3-2-4-6-13)20(27)28-11-17(26)14-7-8-15(22)16(23)9-14/h2-9H,10-11H2,1H3. The SMILES string of the molecule is Cc1nn(Cc2ccccc2)c(Cl)c1C(=O)OCC(=O)c1ccc(F)c(F)c1. The molecular formula is C20H15ClF2N2O3. The normalized spacial score (nSPS) is 10.7. The highest BCUT2D eigenvalue weighted by molar-refractivity contribution is 6.32. The van der Waals surface area contributed by atoms with Crippen LogP contribution in [0.2, 0.25) is 5.15 Å². The lowest BCUT2D eigenvalue weighted by Crippen LogP contribution is -2.15. The van der Waals surface area contributed by atoms with Gasteiger partial charge in [0.15, 0.2) is 24.0 Å². The third kappa shape index (κ3) is 4.26. The van der Waals surface area contributed by atoms with Crippen molar-refractivity contribution in [2.45, 2.75) is 13.5 Å². The van der Waals surface area contributed by atoms with Gasteiger partial charge < -0.3 is 4.74 Å². The Labute approximate surface area is 164 Å². The minimum absolute atomic E-state index is 0.0516. The maximum absolute atomic E-state index is 13.2. The van der Waals surface area contributed by atoms with Crippen LogP contribution in [0.5, 0.6) is 0 Å². The van der Waals surface area contributed by atoms with E-state index in [9.17, 15) is 18.4 Å². The summed E-state index contributed by atoms with van der Waals surface area (Å²) in [6.07, 6.45) is 0. The lowest BCUT2D eigenvalue weighted by Gasteiger charge is -2.06. The number of carbonyl (C=O) groups excluding carboxylic acids is 2. The van der Waals surface area contributed by atoms with Crippen LogP contribution >= 0.6 is 11.6 Å². The maximum Gasteiger partial charge on any atom is 0.343 e. The fourth-order valence-electron chi connectivity index (χ4n) is 2.60. The fourth-order valence-corrected chi connectivity index (χ4v) is 2.91. The number of aromatic nitrogens is 2.